The predicted octanol–water partition coefficient (Wildman–Crippen LogP) is 2.12. The molecule has 1 aromatic rings. The summed E-state index contributed by atoms with van der Waals surface area (Å²) in [5.41, 5.74) is 1.59. The molecule has 19 heavy (non-hydrogen) atoms. The third-order valence-corrected chi connectivity index (χ3v) is 3.33. The lowest BCUT2D eigenvalue weighted by Crippen LogP contribution is -2.32. The Balaban J connectivity index is 2.13. The minimum absolute atomic E-state index is 0.0736. The SMILES string of the molecule is Nc1cccc2c1C(=O)N(CCSC(F)(F)F)C2=O. The van der Waals surface area contributed by atoms with E-state index in [9.17, 15) is 22.8 Å². The highest BCUT2D eigenvalue weighted by molar-refractivity contribution is 8.00. The van der Waals surface area contributed by atoms with Crippen LogP contribution in [0.2, 0.25) is 0 Å². The number of halogens is 3. The Morgan fingerprint density at radius 3 is 2.47 bits per heavy atom. The van der Waals surface area contributed by atoms with Crippen molar-refractivity contribution < 1.29 is 22.8 Å². The second kappa shape index (κ2) is 4.76. The van der Waals surface area contributed by atoms with Crippen molar-refractivity contribution in [3.05, 3.63) is 29.3 Å². The van der Waals surface area contributed by atoms with Crippen LogP contribution in [0.15, 0.2) is 18.2 Å². The van der Waals surface area contributed by atoms with Crippen LogP contribution < -0.4 is 5.73 Å². The van der Waals surface area contributed by atoms with Gasteiger partial charge in [-0.15, -0.1) is 0 Å². The highest BCUT2D eigenvalue weighted by Gasteiger charge is 2.37. The van der Waals surface area contributed by atoms with Gasteiger partial charge < -0.3 is 5.73 Å². The molecule has 8 heteroatoms. The number of imide groups is 1. The van der Waals surface area contributed by atoms with Crippen LogP contribution in [0.5, 0.6) is 0 Å². The van der Waals surface area contributed by atoms with E-state index in [0.717, 1.165) is 4.90 Å². The minimum Gasteiger partial charge on any atom is -0.398 e. The summed E-state index contributed by atoms with van der Waals surface area (Å²) in [4.78, 5) is 24.6. The second-order valence-corrected chi connectivity index (χ2v) is 4.99. The fourth-order valence-electron chi connectivity index (χ4n) is 1.82. The number of rotatable bonds is 3. The maximum Gasteiger partial charge on any atom is 0.441 e. The lowest BCUT2D eigenvalue weighted by atomic mass is 10.1. The number of alkyl halides is 3. The van der Waals surface area contributed by atoms with Crippen LogP contribution >= 0.6 is 11.8 Å². The third kappa shape index (κ3) is 2.67. The molecule has 1 heterocycles. The molecule has 0 fully saturated rings. The average molecular weight is 290 g/mol. The van der Waals surface area contributed by atoms with Crippen molar-refractivity contribution in [1.82, 2.24) is 4.90 Å². The number of hydrogen-bond donors (Lipinski definition) is 1. The Morgan fingerprint density at radius 2 is 1.89 bits per heavy atom. The Bertz CT molecular complexity index is 545. The molecule has 1 aromatic carbocycles. The fraction of sp³-hybridized carbons (Fsp3) is 0.273. The summed E-state index contributed by atoms with van der Waals surface area (Å²) in [5, 5.41) is 0. The molecule has 0 aliphatic carbocycles. The van der Waals surface area contributed by atoms with Crippen molar-refractivity contribution in [2.75, 3.05) is 18.0 Å². The molecular formula is C11H9F3N2O2S. The number of carbonyl (C=O) groups is 2. The van der Waals surface area contributed by atoms with E-state index in [4.69, 9.17) is 5.73 Å². The van der Waals surface area contributed by atoms with Crippen LogP contribution in [0.25, 0.3) is 0 Å². The molecular weight excluding hydrogens is 281 g/mol. The van der Waals surface area contributed by atoms with Gasteiger partial charge in [-0.1, -0.05) is 6.07 Å². The van der Waals surface area contributed by atoms with Gasteiger partial charge >= 0.3 is 5.51 Å². The second-order valence-electron chi connectivity index (χ2n) is 3.83. The van der Waals surface area contributed by atoms with Crippen LogP contribution in [0.3, 0.4) is 0 Å². The molecule has 2 N–H and O–H groups in total. The summed E-state index contributed by atoms with van der Waals surface area (Å²) in [7, 11) is 0. The van der Waals surface area contributed by atoms with E-state index in [1.165, 1.54) is 18.2 Å². The van der Waals surface area contributed by atoms with E-state index in [1.54, 1.807) is 0 Å². The Labute approximate surface area is 110 Å². The highest BCUT2D eigenvalue weighted by atomic mass is 32.2. The molecule has 0 atom stereocenters. The number of thioether (sulfide) groups is 1. The molecule has 0 unspecified atom stereocenters. The van der Waals surface area contributed by atoms with Gasteiger partial charge in [0.2, 0.25) is 0 Å². The number of nitrogens with two attached hydrogens (primary N) is 1. The van der Waals surface area contributed by atoms with Crippen LogP contribution in [-0.4, -0.2) is 34.5 Å². The number of nitrogens with zero attached hydrogens (tertiary/aromatic N) is 1. The van der Waals surface area contributed by atoms with Gasteiger partial charge in [-0.05, 0) is 23.9 Å². The summed E-state index contributed by atoms with van der Waals surface area (Å²) in [6.07, 6.45) is 0. The van der Waals surface area contributed by atoms with Crippen molar-refractivity contribution in [3.8, 4) is 0 Å². The van der Waals surface area contributed by atoms with Gasteiger partial charge in [-0.25, -0.2) is 0 Å². The van der Waals surface area contributed by atoms with E-state index >= 15 is 0 Å². The van der Waals surface area contributed by atoms with Gasteiger partial charge in [0, 0.05) is 18.0 Å². The first-order chi connectivity index (χ1) is 8.81. The largest absolute Gasteiger partial charge is 0.441 e. The van der Waals surface area contributed by atoms with Crippen molar-refractivity contribution in [2.24, 2.45) is 0 Å². The van der Waals surface area contributed by atoms with E-state index < -0.39 is 23.1 Å². The van der Waals surface area contributed by atoms with Crippen LogP contribution in [0.1, 0.15) is 20.7 Å². The van der Waals surface area contributed by atoms with E-state index in [2.05, 4.69) is 0 Å². The molecule has 4 nitrogen and oxygen atoms in total. The summed E-state index contributed by atoms with van der Waals surface area (Å²) >= 11 is -0.270. The molecule has 1 aliphatic rings. The fourth-order valence-corrected chi connectivity index (χ4v) is 2.32. The number of hydrogen-bond acceptors (Lipinski definition) is 4. The minimum atomic E-state index is -4.38. The van der Waals surface area contributed by atoms with Crippen LogP contribution in [0, 0.1) is 0 Å². The number of carbonyl (C=O) groups excluding carboxylic acids is 2. The first-order valence-electron chi connectivity index (χ1n) is 5.26. The molecule has 0 spiro atoms. The number of anilines is 1. The first kappa shape index (κ1) is 13.7. The standard InChI is InChI=1S/C11H9F3N2O2S/c12-11(13,14)19-5-4-16-9(17)6-2-1-3-7(15)8(6)10(16)18/h1-3H,4-5,15H2. The average Bonchev–Trinajstić information content (AvgIpc) is 2.54. The zero-order valence-corrected chi connectivity index (χ0v) is 10.3. The molecule has 2 amide bonds. The smallest absolute Gasteiger partial charge is 0.398 e. The van der Waals surface area contributed by atoms with Gasteiger partial charge in [0.1, 0.15) is 0 Å². The molecule has 1 aliphatic heterocycles. The van der Waals surface area contributed by atoms with E-state index in [-0.39, 0.29) is 35.1 Å². The zero-order chi connectivity index (χ0) is 14.2. The number of nitrogen functional groups attached to an aromatic ring is 1. The summed E-state index contributed by atoms with van der Waals surface area (Å²) < 4.78 is 36.0. The summed E-state index contributed by atoms with van der Waals surface area (Å²) in [6, 6.07) is 4.42. The van der Waals surface area contributed by atoms with Crippen molar-refractivity contribution in [2.45, 2.75) is 5.51 Å². The quantitative estimate of drug-likeness (QED) is 0.684. The molecule has 0 radical (unpaired) electrons. The molecule has 0 saturated heterocycles. The first-order valence-corrected chi connectivity index (χ1v) is 6.25. The van der Waals surface area contributed by atoms with Crippen LogP contribution in [-0.2, 0) is 0 Å². The van der Waals surface area contributed by atoms with Gasteiger partial charge in [-0.3, -0.25) is 14.5 Å². The van der Waals surface area contributed by atoms with Crippen molar-refractivity contribution in [3.63, 3.8) is 0 Å². The van der Waals surface area contributed by atoms with E-state index in [1.807, 2.05) is 0 Å². The molecule has 2 rings (SSSR count). The van der Waals surface area contributed by atoms with Gasteiger partial charge in [0.05, 0.1) is 11.1 Å². The molecule has 0 bridgehead atoms. The lowest BCUT2D eigenvalue weighted by Gasteiger charge is -2.14. The zero-order valence-electron chi connectivity index (χ0n) is 9.53. The van der Waals surface area contributed by atoms with Gasteiger partial charge in [0.25, 0.3) is 11.8 Å². The Morgan fingerprint density at radius 1 is 1.21 bits per heavy atom. The number of benzene rings is 1. The normalized spacial score (nSPS) is 15.0. The lowest BCUT2D eigenvalue weighted by molar-refractivity contribution is -0.0329. The topological polar surface area (TPSA) is 63.4 Å². The van der Waals surface area contributed by atoms with Crippen molar-refractivity contribution >= 4 is 29.3 Å². The van der Waals surface area contributed by atoms with Gasteiger partial charge in [0.15, 0.2) is 0 Å². The third-order valence-electron chi connectivity index (χ3n) is 2.61. The Hall–Kier alpha value is -1.70. The Kier molecular flexibility index (Phi) is 3.44. The summed E-state index contributed by atoms with van der Waals surface area (Å²) in [5.74, 6) is -1.63. The predicted molar refractivity (Wildman–Crippen MR) is 64.7 cm³/mol. The number of fused-ring (bicyclic) bond motifs is 1. The highest BCUT2D eigenvalue weighted by Crippen LogP contribution is 2.31. The molecule has 0 aromatic heterocycles. The van der Waals surface area contributed by atoms with Crippen molar-refractivity contribution in [1.29, 1.82) is 0 Å². The van der Waals surface area contributed by atoms with E-state index in [0.29, 0.717) is 0 Å². The van der Waals surface area contributed by atoms with Gasteiger partial charge in [-0.2, -0.15) is 13.2 Å². The molecule has 0 saturated carbocycles. The molecule has 102 valence electrons. The monoisotopic (exact) mass is 290 g/mol. The summed E-state index contributed by atoms with van der Waals surface area (Å²) in [6.45, 7) is -0.296. The number of amides is 2. The van der Waals surface area contributed by atoms with Crippen LogP contribution in [0.4, 0.5) is 18.9 Å². The maximum absolute atomic E-state index is 12.0. The maximum atomic E-state index is 12.0.